The van der Waals surface area contributed by atoms with E-state index in [4.69, 9.17) is 17.3 Å². The number of carboxylic acid groups (broad SMARTS) is 1. The average molecular weight is 511 g/mol. The Bertz CT molecular complexity index is 980. The number of H-pyrrole nitrogens is 2. The Kier molecular flexibility index (Phi) is 8.11. The molecule has 138 valence electrons. The third-order valence-corrected chi connectivity index (χ3v) is 3.60. The lowest BCUT2D eigenvalue weighted by Crippen LogP contribution is -2.03. The summed E-state index contributed by atoms with van der Waals surface area (Å²) >= 11 is 10.8. The van der Waals surface area contributed by atoms with Crippen LogP contribution in [0.3, 0.4) is 0 Å². The lowest BCUT2D eigenvalue weighted by molar-refractivity contribution is 0.0685. The zero-order valence-corrected chi connectivity index (χ0v) is 15.9. The van der Waals surface area contributed by atoms with Crippen molar-refractivity contribution in [3.63, 3.8) is 0 Å². The Labute approximate surface area is 168 Å². The Balaban J connectivity index is 0.000000258. The van der Waals surface area contributed by atoms with Crippen LogP contribution in [0.15, 0.2) is 33.5 Å². The van der Waals surface area contributed by atoms with Crippen molar-refractivity contribution in [3.8, 4) is 11.5 Å². The van der Waals surface area contributed by atoms with Gasteiger partial charge in [-0.15, -0.1) is 0 Å². The monoisotopic (exact) mass is 509 g/mol. The summed E-state index contributed by atoms with van der Waals surface area (Å²) < 4.78 is 27.2. The minimum atomic E-state index is -1.37. The Hall–Kier alpha value is -2.05. The number of aromatic nitrogens is 5. The lowest BCUT2D eigenvalue weighted by atomic mass is 10.3. The van der Waals surface area contributed by atoms with E-state index in [2.05, 4.69) is 57.0 Å². The van der Waals surface area contributed by atoms with Crippen LogP contribution in [0.25, 0.3) is 11.5 Å². The third-order valence-electron chi connectivity index (χ3n) is 2.54. The number of carbonyl (C=O) groups is 1. The number of hydrogen-bond donors (Lipinski definition) is 3. The fraction of sp³-hybridized carbons (Fsp3) is 0.0714. The van der Waals surface area contributed by atoms with Gasteiger partial charge in [-0.1, -0.05) is 7.43 Å². The van der Waals surface area contributed by atoms with Gasteiger partial charge in [-0.05, 0) is 56.2 Å². The van der Waals surface area contributed by atoms with Crippen LogP contribution in [0.5, 0.6) is 0 Å². The number of pyridine rings is 2. The SMILES string of the molecule is C.Fc1cc(Br)cnc1-c1nc(=S)[nH][nH]1.O=C(O)c1ncc(Br)cc1F. The molecular formula is C14H11Br2F2N5O2S. The van der Waals surface area contributed by atoms with Gasteiger partial charge in [0.1, 0.15) is 5.69 Å². The number of nitrogens with zero attached hydrogens (tertiary/aromatic N) is 3. The highest BCUT2D eigenvalue weighted by Crippen LogP contribution is 2.19. The largest absolute Gasteiger partial charge is 0.476 e. The maximum Gasteiger partial charge on any atom is 0.357 e. The molecule has 3 N–H and O–H groups in total. The molecule has 0 atom stereocenters. The van der Waals surface area contributed by atoms with E-state index in [1.54, 1.807) is 0 Å². The fourth-order valence-electron chi connectivity index (χ4n) is 1.54. The van der Waals surface area contributed by atoms with E-state index in [1.807, 2.05) is 0 Å². The zero-order valence-electron chi connectivity index (χ0n) is 11.9. The first kappa shape index (κ1) is 22.0. The highest BCUT2D eigenvalue weighted by molar-refractivity contribution is 9.10. The Morgan fingerprint density at radius 2 is 1.65 bits per heavy atom. The van der Waals surface area contributed by atoms with Gasteiger partial charge in [0.05, 0.1) is 0 Å². The van der Waals surface area contributed by atoms with Crippen LogP contribution in [0.2, 0.25) is 0 Å². The highest BCUT2D eigenvalue weighted by Gasteiger charge is 2.11. The summed E-state index contributed by atoms with van der Waals surface area (Å²) in [6.07, 6.45) is 2.72. The molecule has 0 spiro atoms. The number of hydrogen-bond acceptors (Lipinski definition) is 5. The van der Waals surface area contributed by atoms with Gasteiger partial charge in [0.25, 0.3) is 0 Å². The van der Waals surface area contributed by atoms with Gasteiger partial charge >= 0.3 is 5.97 Å². The molecule has 0 aliphatic heterocycles. The maximum atomic E-state index is 13.3. The summed E-state index contributed by atoms with van der Waals surface area (Å²) in [4.78, 5) is 21.3. The minimum Gasteiger partial charge on any atom is -0.476 e. The molecule has 0 aliphatic carbocycles. The van der Waals surface area contributed by atoms with Gasteiger partial charge in [-0.2, -0.15) is 4.98 Å². The number of carboxylic acids is 1. The zero-order chi connectivity index (χ0) is 18.6. The van der Waals surface area contributed by atoms with Crippen molar-refractivity contribution in [3.05, 3.63) is 55.6 Å². The van der Waals surface area contributed by atoms with Crippen LogP contribution in [-0.2, 0) is 0 Å². The summed E-state index contributed by atoms with van der Waals surface area (Å²) in [5.74, 6) is -2.38. The average Bonchev–Trinajstić information content (AvgIpc) is 2.93. The van der Waals surface area contributed by atoms with Crippen LogP contribution >= 0.6 is 44.1 Å². The van der Waals surface area contributed by atoms with Gasteiger partial charge in [0, 0.05) is 21.3 Å². The maximum absolute atomic E-state index is 13.3. The first-order valence-corrected chi connectivity index (χ1v) is 8.27. The summed E-state index contributed by atoms with van der Waals surface area (Å²) in [6, 6.07) is 2.37. The molecule has 3 aromatic heterocycles. The highest BCUT2D eigenvalue weighted by atomic mass is 79.9. The third kappa shape index (κ3) is 5.75. The van der Waals surface area contributed by atoms with E-state index in [1.165, 1.54) is 18.5 Å². The predicted octanol–water partition coefficient (Wildman–Crippen LogP) is 4.75. The molecule has 0 saturated heterocycles. The van der Waals surface area contributed by atoms with Crippen LogP contribution in [0.1, 0.15) is 17.9 Å². The molecule has 7 nitrogen and oxygen atoms in total. The first-order valence-electron chi connectivity index (χ1n) is 6.28. The summed E-state index contributed by atoms with van der Waals surface area (Å²) in [5.41, 5.74) is -0.422. The molecule has 0 bridgehead atoms. The second-order valence-electron chi connectivity index (χ2n) is 4.29. The number of aromatic amines is 2. The molecule has 0 radical (unpaired) electrons. The van der Waals surface area contributed by atoms with E-state index in [0.717, 1.165) is 6.07 Å². The molecule has 3 heterocycles. The van der Waals surface area contributed by atoms with Crippen molar-refractivity contribution in [2.24, 2.45) is 0 Å². The molecule has 0 aliphatic rings. The van der Waals surface area contributed by atoms with E-state index < -0.39 is 23.3 Å². The summed E-state index contributed by atoms with van der Waals surface area (Å²) in [5, 5.41) is 13.5. The molecule has 0 aromatic carbocycles. The molecule has 0 amide bonds. The van der Waals surface area contributed by atoms with Gasteiger partial charge in [-0.25, -0.2) is 23.5 Å². The molecule has 0 unspecified atom stereocenters. The molecule has 26 heavy (non-hydrogen) atoms. The van der Waals surface area contributed by atoms with Crippen molar-refractivity contribution in [1.29, 1.82) is 0 Å². The number of nitrogens with one attached hydrogen (secondary N) is 2. The van der Waals surface area contributed by atoms with Crippen molar-refractivity contribution < 1.29 is 18.7 Å². The molecule has 12 heteroatoms. The predicted molar refractivity (Wildman–Crippen MR) is 100 cm³/mol. The van der Waals surface area contributed by atoms with Crippen LogP contribution in [0.4, 0.5) is 8.78 Å². The van der Waals surface area contributed by atoms with Crippen molar-refractivity contribution in [1.82, 2.24) is 25.1 Å². The van der Waals surface area contributed by atoms with E-state index in [9.17, 15) is 13.6 Å². The van der Waals surface area contributed by atoms with Crippen molar-refractivity contribution >= 4 is 50.0 Å². The van der Waals surface area contributed by atoms with Gasteiger partial charge in [0.2, 0.25) is 4.77 Å². The van der Waals surface area contributed by atoms with Crippen molar-refractivity contribution in [2.75, 3.05) is 0 Å². The molecule has 3 rings (SSSR count). The molecular weight excluding hydrogens is 500 g/mol. The summed E-state index contributed by atoms with van der Waals surface area (Å²) in [6.45, 7) is 0. The number of aromatic carboxylic acids is 1. The summed E-state index contributed by atoms with van der Waals surface area (Å²) in [7, 11) is 0. The van der Waals surface area contributed by atoms with Crippen LogP contribution in [-0.4, -0.2) is 36.2 Å². The van der Waals surface area contributed by atoms with Gasteiger partial charge < -0.3 is 5.11 Å². The van der Waals surface area contributed by atoms with Gasteiger partial charge in [-0.3, -0.25) is 10.2 Å². The quantitative estimate of drug-likeness (QED) is 0.429. The number of rotatable bonds is 2. The van der Waals surface area contributed by atoms with E-state index >= 15 is 0 Å². The second kappa shape index (κ2) is 9.59. The normalized spacial score (nSPS) is 9.69. The fourth-order valence-corrected chi connectivity index (χ4v) is 2.29. The van der Waals surface area contributed by atoms with Crippen LogP contribution < -0.4 is 0 Å². The van der Waals surface area contributed by atoms with Crippen molar-refractivity contribution in [2.45, 2.75) is 7.43 Å². The first-order chi connectivity index (χ1) is 11.8. The Morgan fingerprint density at radius 3 is 2.12 bits per heavy atom. The Morgan fingerprint density at radius 1 is 1.08 bits per heavy atom. The molecule has 3 aromatic rings. The minimum absolute atomic E-state index is 0. The smallest absolute Gasteiger partial charge is 0.357 e. The standard InChI is InChI=1S/C7H4BrFN4S.C6H3BrFNO2.CH4/c8-3-1-4(9)5(10-2-3)6-11-7(14)13-12-6;7-3-1-4(8)5(6(10)11)9-2-3;/h1-2H,(H2,11,12,13,14);1-2H,(H,10,11);1H4. The topological polar surface area (TPSA) is 108 Å². The van der Waals surface area contributed by atoms with Crippen LogP contribution in [0, 0.1) is 16.4 Å². The van der Waals surface area contributed by atoms with E-state index in [-0.39, 0.29) is 17.9 Å². The van der Waals surface area contributed by atoms with E-state index in [0.29, 0.717) is 14.8 Å². The van der Waals surface area contributed by atoms with Gasteiger partial charge in [0.15, 0.2) is 23.2 Å². The molecule has 0 saturated carbocycles. The molecule has 0 fully saturated rings. The number of halogens is 4. The lowest BCUT2D eigenvalue weighted by Gasteiger charge is -1.97. The second-order valence-corrected chi connectivity index (χ2v) is 6.51.